The van der Waals surface area contributed by atoms with Crippen molar-refractivity contribution in [3.8, 4) is 0 Å². The molecule has 0 saturated carbocycles. The van der Waals surface area contributed by atoms with Crippen LogP contribution in [0.15, 0.2) is 18.2 Å². The van der Waals surface area contributed by atoms with Crippen molar-refractivity contribution in [3.63, 3.8) is 0 Å². The number of hydrogen-bond acceptors (Lipinski definition) is 3. The highest BCUT2D eigenvalue weighted by molar-refractivity contribution is 6.31. The lowest BCUT2D eigenvalue weighted by molar-refractivity contribution is -0.117. The highest BCUT2D eigenvalue weighted by Gasteiger charge is 2.21. The van der Waals surface area contributed by atoms with Crippen molar-refractivity contribution in [1.29, 1.82) is 0 Å². The van der Waals surface area contributed by atoms with Gasteiger partial charge in [-0.15, -0.1) is 0 Å². The lowest BCUT2D eigenvalue weighted by Crippen LogP contribution is -2.46. The number of nitrogens with one attached hydrogen (secondary N) is 1. The fourth-order valence-electron chi connectivity index (χ4n) is 2.87. The Labute approximate surface area is 144 Å². The zero-order valence-corrected chi connectivity index (χ0v) is 15.4. The van der Waals surface area contributed by atoms with Crippen LogP contribution in [0.3, 0.4) is 0 Å². The normalized spacial score (nSPS) is 16.5. The molecular weight excluding hydrogens is 310 g/mol. The third-order valence-electron chi connectivity index (χ3n) is 4.08. The van der Waals surface area contributed by atoms with Crippen molar-refractivity contribution >= 4 is 28.9 Å². The van der Waals surface area contributed by atoms with Crippen LogP contribution in [0, 0.1) is 5.41 Å². The molecule has 1 aromatic carbocycles. The van der Waals surface area contributed by atoms with Gasteiger partial charge in [0.15, 0.2) is 0 Å². The number of halogens is 1. The number of carbonyl (C=O) groups excluding carboxylic acids is 1. The first-order valence-electron chi connectivity index (χ1n) is 8.35. The number of anilines is 2. The Morgan fingerprint density at radius 2 is 1.87 bits per heavy atom. The van der Waals surface area contributed by atoms with E-state index in [-0.39, 0.29) is 11.3 Å². The van der Waals surface area contributed by atoms with Crippen LogP contribution in [0.4, 0.5) is 11.4 Å². The zero-order valence-electron chi connectivity index (χ0n) is 14.7. The van der Waals surface area contributed by atoms with Gasteiger partial charge < -0.3 is 15.1 Å². The van der Waals surface area contributed by atoms with Crippen LogP contribution in [0.25, 0.3) is 0 Å². The van der Waals surface area contributed by atoms with Crippen LogP contribution < -0.4 is 10.2 Å². The van der Waals surface area contributed by atoms with Gasteiger partial charge in [0.2, 0.25) is 5.91 Å². The molecular formula is C18H28ClN3O. The number of likely N-dealkylation sites (N-methyl/N-ethyl adjacent to an activating group) is 1. The summed E-state index contributed by atoms with van der Waals surface area (Å²) in [5.41, 5.74) is 1.85. The average molecular weight is 338 g/mol. The third-order valence-corrected chi connectivity index (χ3v) is 4.32. The SMILES string of the molecule is CCN1CCN(c2ccc(Cl)cc2NC(=O)CC(C)(C)C)CC1. The quantitative estimate of drug-likeness (QED) is 0.906. The maximum absolute atomic E-state index is 12.3. The molecule has 0 aliphatic carbocycles. The molecule has 0 aromatic heterocycles. The molecule has 1 aliphatic rings. The molecule has 1 heterocycles. The standard InChI is InChI=1S/C18H28ClN3O/c1-5-21-8-10-22(11-9-21)16-7-6-14(19)12-15(16)20-17(23)13-18(2,3)4/h6-7,12H,5,8-11,13H2,1-4H3,(H,20,23). The Morgan fingerprint density at radius 3 is 2.43 bits per heavy atom. The number of hydrogen-bond donors (Lipinski definition) is 1. The first kappa shape index (κ1) is 18.1. The van der Waals surface area contributed by atoms with Crippen LogP contribution in [-0.2, 0) is 4.79 Å². The van der Waals surface area contributed by atoms with E-state index in [0.29, 0.717) is 11.4 Å². The lowest BCUT2D eigenvalue weighted by atomic mass is 9.92. The molecule has 1 saturated heterocycles. The van der Waals surface area contributed by atoms with Gasteiger partial charge in [-0.05, 0) is 30.2 Å². The minimum absolute atomic E-state index is 0.0322. The second kappa shape index (κ2) is 7.54. The molecule has 1 N–H and O–H groups in total. The number of carbonyl (C=O) groups is 1. The lowest BCUT2D eigenvalue weighted by Gasteiger charge is -2.36. The smallest absolute Gasteiger partial charge is 0.224 e. The number of benzene rings is 1. The summed E-state index contributed by atoms with van der Waals surface area (Å²) in [7, 11) is 0. The fourth-order valence-corrected chi connectivity index (χ4v) is 3.04. The molecule has 0 unspecified atom stereocenters. The maximum Gasteiger partial charge on any atom is 0.224 e. The monoisotopic (exact) mass is 337 g/mol. The molecule has 4 nitrogen and oxygen atoms in total. The topological polar surface area (TPSA) is 35.6 Å². The number of amides is 1. The predicted octanol–water partition coefficient (Wildman–Crippen LogP) is 3.86. The van der Waals surface area contributed by atoms with Gasteiger partial charge in [-0.25, -0.2) is 0 Å². The number of piperazine rings is 1. The summed E-state index contributed by atoms with van der Waals surface area (Å²) in [6, 6.07) is 5.75. The Morgan fingerprint density at radius 1 is 1.22 bits per heavy atom. The molecule has 0 radical (unpaired) electrons. The zero-order chi connectivity index (χ0) is 17.0. The van der Waals surface area contributed by atoms with Crippen molar-refractivity contribution < 1.29 is 4.79 Å². The third kappa shape index (κ3) is 5.40. The highest BCUT2D eigenvalue weighted by atomic mass is 35.5. The van der Waals surface area contributed by atoms with Gasteiger partial charge >= 0.3 is 0 Å². The maximum atomic E-state index is 12.3. The highest BCUT2D eigenvalue weighted by Crippen LogP contribution is 2.31. The summed E-state index contributed by atoms with van der Waals surface area (Å²) in [4.78, 5) is 17.1. The van der Waals surface area contributed by atoms with E-state index >= 15 is 0 Å². The summed E-state index contributed by atoms with van der Waals surface area (Å²) in [5, 5.41) is 3.70. The van der Waals surface area contributed by atoms with E-state index in [1.807, 2.05) is 18.2 Å². The van der Waals surface area contributed by atoms with Crippen LogP contribution >= 0.6 is 11.6 Å². The molecule has 0 spiro atoms. The summed E-state index contributed by atoms with van der Waals surface area (Å²) < 4.78 is 0. The molecule has 1 aromatic rings. The van der Waals surface area contributed by atoms with Crippen LogP contribution in [-0.4, -0.2) is 43.5 Å². The van der Waals surface area contributed by atoms with E-state index < -0.39 is 0 Å². The van der Waals surface area contributed by atoms with E-state index in [2.05, 4.69) is 42.8 Å². The van der Waals surface area contributed by atoms with E-state index in [1.165, 1.54) is 0 Å². The molecule has 23 heavy (non-hydrogen) atoms. The van der Waals surface area contributed by atoms with Crippen molar-refractivity contribution in [1.82, 2.24) is 4.90 Å². The van der Waals surface area contributed by atoms with Gasteiger partial charge in [0.25, 0.3) is 0 Å². The van der Waals surface area contributed by atoms with Gasteiger partial charge in [-0.1, -0.05) is 39.3 Å². The van der Waals surface area contributed by atoms with Gasteiger partial charge in [-0.2, -0.15) is 0 Å². The largest absolute Gasteiger partial charge is 0.367 e. The van der Waals surface area contributed by atoms with Crippen molar-refractivity contribution in [3.05, 3.63) is 23.2 Å². The second-order valence-corrected chi connectivity index (χ2v) is 7.80. The Kier molecular flexibility index (Phi) is 5.93. The van der Waals surface area contributed by atoms with E-state index in [4.69, 9.17) is 11.6 Å². The summed E-state index contributed by atoms with van der Waals surface area (Å²) >= 11 is 6.14. The molecule has 0 bridgehead atoms. The fraction of sp³-hybridized carbons (Fsp3) is 0.611. The van der Waals surface area contributed by atoms with Crippen molar-refractivity contribution in [2.24, 2.45) is 5.41 Å². The molecule has 1 amide bonds. The van der Waals surface area contributed by atoms with Crippen molar-refractivity contribution in [2.75, 3.05) is 42.9 Å². The first-order chi connectivity index (χ1) is 10.8. The van der Waals surface area contributed by atoms with E-state index in [9.17, 15) is 4.79 Å². The minimum Gasteiger partial charge on any atom is -0.367 e. The van der Waals surface area contributed by atoms with Crippen LogP contribution in [0.5, 0.6) is 0 Å². The Balaban J connectivity index is 2.13. The molecule has 1 fully saturated rings. The van der Waals surface area contributed by atoms with Crippen molar-refractivity contribution in [2.45, 2.75) is 34.1 Å². The predicted molar refractivity (Wildman–Crippen MR) is 98.5 cm³/mol. The van der Waals surface area contributed by atoms with Crippen LogP contribution in [0.2, 0.25) is 5.02 Å². The van der Waals surface area contributed by atoms with Gasteiger partial charge in [0.1, 0.15) is 0 Å². The molecule has 0 atom stereocenters. The van der Waals surface area contributed by atoms with Gasteiger partial charge in [-0.3, -0.25) is 4.79 Å². The number of rotatable bonds is 4. The van der Waals surface area contributed by atoms with E-state index in [0.717, 1.165) is 44.1 Å². The summed E-state index contributed by atoms with van der Waals surface area (Å²) in [6.07, 6.45) is 0.489. The van der Waals surface area contributed by atoms with Gasteiger partial charge in [0, 0.05) is 37.6 Å². The Bertz CT molecular complexity index is 546. The average Bonchev–Trinajstić information content (AvgIpc) is 2.45. The van der Waals surface area contributed by atoms with Gasteiger partial charge in [0.05, 0.1) is 11.4 Å². The molecule has 128 valence electrons. The minimum atomic E-state index is -0.0322. The molecule has 2 rings (SSSR count). The second-order valence-electron chi connectivity index (χ2n) is 7.37. The Hall–Kier alpha value is -1.26. The first-order valence-corrected chi connectivity index (χ1v) is 8.73. The van der Waals surface area contributed by atoms with E-state index in [1.54, 1.807) is 0 Å². The van der Waals surface area contributed by atoms with Crippen LogP contribution in [0.1, 0.15) is 34.1 Å². The molecule has 5 heteroatoms. The molecule has 1 aliphatic heterocycles. The summed E-state index contributed by atoms with van der Waals surface area (Å²) in [6.45, 7) is 13.5. The number of nitrogens with zero attached hydrogens (tertiary/aromatic N) is 2. The summed E-state index contributed by atoms with van der Waals surface area (Å²) in [5.74, 6) is 0.0354.